The molecule has 0 bridgehead atoms. The van der Waals surface area contributed by atoms with Gasteiger partial charge in [0.1, 0.15) is 0 Å². The molecule has 0 aliphatic heterocycles. The molecule has 0 saturated heterocycles. The number of carbonyl (C=O) groups is 1. The number of hydrogen-bond donors (Lipinski definition) is 1. The predicted molar refractivity (Wildman–Crippen MR) is 69.9 cm³/mol. The van der Waals surface area contributed by atoms with Crippen LogP contribution < -0.4 is 5.73 Å². The molecule has 3 nitrogen and oxygen atoms in total. The van der Waals surface area contributed by atoms with Gasteiger partial charge in [-0.15, -0.1) is 12.4 Å². The molecule has 0 spiro atoms. The molecule has 0 fully saturated rings. The van der Waals surface area contributed by atoms with E-state index in [-0.39, 0.29) is 18.3 Å². The smallest absolute Gasteiger partial charge is 0.255 e. The van der Waals surface area contributed by atoms with Crippen LogP contribution in [0.5, 0.6) is 0 Å². The molecule has 2 N–H and O–H groups in total. The summed E-state index contributed by atoms with van der Waals surface area (Å²) in [5, 5.41) is 0. The quantitative estimate of drug-likeness (QED) is 0.828. The number of nitrogens with zero attached hydrogens (tertiary/aromatic N) is 1. The summed E-state index contributed by atoms with van der Waals surface area (Å²) in [7, 11) is 1.80. The zero-order valence-electron chi connectivity index (χ0n) is 9.93. The van der Waals surface area contributed by atoms with Crippen LogP contribution in [-0.2, 0) is 0 Å². The normalized spacial score (nSPS) is 9.75. The van der Waals surface area contributed by atoms with Gasteiger partial charge in [0.2, 0.25) is 0 Å². The van der Waals surface area contributed by atoms with Crippen LogP contribution in [0.15, 0.2) is 24.3 Å². The lowest BCUT2D eigenvalue weighted by molar-refractivity contribution is 0.0780. The number of anilines is 1. The Morgan fingerprint density at radius 3 is 2.44 bits per heavy atom. The third-order valence-electron chi connectivity index (χ3n) is 2.18. The number of para-hydroxylation sites is 1. The molecule has 1 aromatic carbocycles. The van der Waals surface area contributed by atoms with Crippen molar-refractivity contribution in [2.75, 3.05) is 19.3 Å². The Balaban J connectivity index is 0.00000225. The molecular formula is C12H19ClN2O. The van der Waals surface area contributed by atoms with Gasteiger partial charge in [0.15, 0.2) is 0 Å². The molecule has 1 aromatic rings. The summed E-state index contributed by atoms with van der Waals surface area (Å²) in [5.74, 6) is 0.450. The molecule has 0 aromatic heterocycles. The van der Waals surface area contributed by atoms with E-state index < -0.39 is 0 Å². The average Bonchev–Trinajstić information content (AvgIpc) is 2.16. The van der Waals surface area contributed by atoms with E-state index in [1.165, 1.54) is 0 Å². The molecular weight excluding hydrogens is 224 g/mol. The molecule has 0 aliphatic rings. The molecule has 0 aliphatic carbocycles. The van der Waals surface area contributed by atoms with E-state index in [1.54, 1.807) is 24.1 Å². The maximum Gasteiger partial charge on any atom is 0.255 e. The highest BCUT2D eigenvalue weighted by Gasteiger charge is 2.14. The Hall–Kier alpha value is -1.22. The molecule has 4 heteroatoms. The van der Waals surface area contributed by atoms with Crippen LogP contribution in [0.4, 0.5) is 5.69 Å². The van der Waals surface area contributed by atoms with Crippen molar-refractivity contribution in [3.05, 3.63) is 29.8 Å². The molecule has 16 heavy (non-hydrogen) atoms. The summed E-state index contributed by atoms with van der Waals surface area (Å²) in [4.78, 5) is 13.7. The highest BCUT2D eigenvalue weighted by Crippen LogP contribution is 2.13. The maximum absolute atomic E-state index is 11.9. The summed E-state index contributed by atoms with van der Waals surface area (Å²) in [5.41, 5.74) is 6.87. The zero-order chi connectivity index (χ0) is 11.4. The van der Waals surface area contributed by atoms with Gasteiger partial charge in [-0.25, -0.2) is 0 Å². The Labute approximate surface area is 103 Å². The fraction of sp³-hybridized carbons (Fsp3) is 0.417. The molecule has 0 saturated carbocycles. The van der Waals surface area contributed by atoms with E-state index in [0.29, 0.717) is 17.2 Å². The van der Waals surface area contributed by atoms with Crippen LogP contribution in [0.3, 0.4) is 0 Å². The fourth-order valence-corrected chi connectivity index (χ4v) is 1.53. The lowest BCUT2D eigenvalue weighted by Gasteiger charge is -2.20. The number of hydrogen-bond acceptors (Lipinski definition) is 2. The number of nitrogen functional groups attached to an aromatic ring is 1. The second-order valence-electron chi connectivity index (χ2n) is 4.17. The number of nitrogens with two attached hydrogens (primary N) is 1. The Morgan fingerprint density at radius 1 is 1.38 bits per heavy atom. The van der Waals surface area contributed by atoms with Crippen molar-refractivity contribution in [1.29, 1.82) is 0 Å². The van der Waals surface area contributed by atoms with Crippen LogP contribution in [0.25, 0.3) is 0 Å². The van der Waals surface area contributed by atoms with Crippen molar-refractivity contribution in [3.8, 4) is 0 Å². The number of amides is 1. The molecule has 1 amide bonds. The number of rotatable bonds is 3. The summed E-state index contributed by atoms with van der Waals surface area (Å²) in [6.45, 7) is 4.91. The van der Waals surface area contributed by atoms with Gasteiger partial charge in [-0.2, -0.15) is 0 Å². The van der Waals surface area contributed by atoms with Gasteiger partial charge in [-0.3, -0.25) is 4.79 Å². The minimum Gasteiger partial charge on any atom is -0.398 e. The van der Waals surface area contributed by atoms with Crippen LogP contribution in [0.1, 0.15) is 24.2 Å². The lowest BCUT2D eigenvalue weighted by atomic mass is 10.1. The van der Waals surface area contributed by atoms with Crippen LogP contribution in [0, 0.1) is 5.92 Å². The first-order valence-electron chi connectivity index (χ1n) is 5.12. The largest absolute Gasteiger partial charge is 0.398 e. The second-order valence-corrected chi connectivity index (χ2v) is 4.17. The Morgan fingerprint density at radius 2 is 1.94 bits per heavy atom. The zero-order valence-corrected chi connectivity index (χ0v) is 10.8. The third-order valence-corrected chi connectivity index (χ3v) is 2.18. The minimum atomic E-state index is -0.0122. The van der Waals surface area contributed by atoms with Crippen molar-refractivity contribution in [2.24, 2.45) is 5.92 Å². The predicted octanol–water partition coefficient (Wildman–Crippen LogP) is 2.42. The summed E-state index contributed by atoms with van der Waals surface area (Å²) in [6.07, 6.45) is 0. The summed E-state index contributed by atoms with van der Waals surface area (Å²) in [6, 6.07) is 7.16. The monoisotopic (exact) mass is 242 g/mol. The highest BCUT2D eigenvalue weighted by molar-refractivity contribution is 5.98. The van der Waals surface area contributed by atoms with Gasteiger partial charge in [0.05, 0.1) is 5.56 Å². The molecule has 0 heterocycles. The van der Waals surface area contributed by atoms with Gasteiger partial charge in [-0.05, 0) is 18.1 Å². The van der Waals surface area contributed by atoms with Gasteiger partial charge >= 0.3 is 0 Å². The lowest BCUT2D eigenvalue weighted by Crippen LogP contribution is -2.30. The van der Waals surface area contributed by atoms with Crippen molar-refractivity contribution in [3.63, 3.8) is 0 Å². The second kappa shape index (κ2) is 6.38. The topological polar surface area (TPSA) is 46.3 Å². The fourth-order valence-electron chi connectivity index (χ4n) is 1.53. The first-order chi connectivity index (χ1) is 7.02. The molecule has 0 atom stereocenters. The molecule has 0 radical (unpaired) electrons. The van der Waals surface area contributed by atoms with E-state index in [1.807, 2.05) is 12.1 Å². The summed E-state index contributed by atoms with van der Waals surface area (Å²) < 4.78 is 0. The number of benzene rings is 1. The van der Waals surface area contributed by atoms with Crippen LogP contribution in [-0.4, -0.2) is 24.4 Å². The molecule has 1 rings (SSSR count). The van der Waals surface area contributed by atoms with Crippen molar-refractivity contribution in [1.82, 2.24) is 4.90 Å². The maximum atomic E-state index is 11.9. The average molecular weight is 243 g/mol. The van der Waals surface area contributed by atoms with Gasteiger partial charge < -0.3 is 10.6 Å². The molecule has 0 unspecified atom stereocenters. The van der Waals surface area contributed by atoms with E-state index in [9.17, 15) is 4.79 Å². The van der Waals surface area contributed by atoms with E-state index in [0.717, 1.165) is 6.54 Å². The van der Waals surface area contributed by atoms with Crippen molar-refractivity contribution in [2.45, 2.75) is 13.8 Å². The van der Waals surface area contributed by atoms with Gasteiger partial charge in [-0.1, -0.05) is 26.0 Å². The van der Waals surface area contributed by atoms with Crippen molar-refractivity contribution >= 4 is 24.0 Å². The van der Waals surface area contributed by atoms with E-state index >= 15 is 0 Å². The van der Waals surface area contributed by atoms with E-state index in [4.69, 9.17) is 5.73 Å². The first-order valence-corrected chi connectivity index (χ1v) is 5.12. The Bertz CT molecular complexity index is 353. The standard InChI is InChI=1S/C12H18N2O.ClH/c1-9(2)8-14(3)12(15)10-6-4-5-7-11(10)13;/h4-7,9H,8,13H2,1-3H3;1H. The Kier molecular flexibility index (Phi) is 5.89. The third kappa shape index (κ3) is 3.74. The van der Waals surface area contributed by atoms with Crippen LogP contribution in [0.2, 0.25) is 0 Å². The van der Waals surface area contributed by atoms with Gasteiger partial charge in [0, 0.05) is 19.3 Å². The van der Waals surface area contributed by atoms with Gasteiger partial charge in [0.25, 0.3) is 5.91 Å². The first kappa shape index (κ1) is 14.8. The number of halogens is 1. The van der Waals surface area contributed by atoms with E-state index in [2.05, 4.69) is 13.8 Å². The summed E-state index contributed by atoms with van der Waals surface area (Å²) >= 11 is 0. The van der Waals surface area contributed by atoms with Crippen molar-refractivity contribution < 1.29 is 4.79 Å². The SMILES string of the molecule is CC(C)CN(C)C(=O)c1ccccc1N.Cl. The minimum absolute atomic E-state index is 0. The molecule has 90 valence electrons. The number of carbonyl (C=O) groups excluding carboxylic acids is 1. The highest BCUT2D eigenvalue weighted by atomic mass is 35.5. The van der Waals surface area contributed by atoms with Crippen LogP contribution >= 0.6 is 12.4 Å².